The van der Waals surface area contributed by atoms with E-state index in [1.807, 2.05) is 0 Å². The van der Waals surface area contributed by atoms with Crippen LogP contribution in [-0.2, 0) is 4.74 Å². The third-order valence-corrected chi connectivity index (χ3v) is 5.37. The normalized spacial score (nSPS) is 34.0. The monoisotopic (exact) mass is 304 g/mol. The Morgan fingerprint density at radius 3 is 2.68 bits per heavy atom. The molecule has 0 bridgehead atoms. The molecule has 1 fully saturated rings. The molecule has 0 aromatic carbocycles. The fourth-order valence-corrected chi connectivity index (χ4v) is 3.44. The molecule has 2 nitrogen and oxygen atoms in total. The Morgan fingerprint density at radius 2 is 1.95 bits per heavy atom. The Bertz CT molecular complexity index is 460. The number of ether oxygens (including phenoxy) is 1. The summed E-state index contributed by atoms with van der Waals surface area (Å²) in [4.78, 5) is 0. The van der Waals surface area contributed by atoms with Gasteiger partial charge in [-0.2, -0.15) is 0 Å². The second-order valence-corrected chi connectivity index (χ2v) is 7.39. The van der Waals surface area contributed by atoms with Gasteiger partial charge in [-0.15, -0.1) is 0 Å². The van der Waals surface area contributed by atoms with Gasteiger partial charge in [0, 0.05) is 0 Å². The first-order chi connectivity index (χ1) is 10.4. The van der Waals surface area contributed by atoms with Crippen molar-refractivity contribution in [1.82, 2.24) is 0 Å². The first-order valence-corrected chi connectivity index (χ1v) is 8.72. The van der Waals surface area contributed by atoms with E-state index in [0.717, 1.165) is 50.5 Å². The summed E-state index contributed by atoms with van der Waals surface area (Å²) in [5.74, 6) is 0.375. The van der Waals surface area contributed by atoms with Crippen molar-refractivity contribution in [2.75, 3.05) is 6.61 Å². The van der Waals surface area contributed by atoms with Crippen molar-refractivity contribution in [3.05, 3.63) is 35.5 Å². The smallest absolute Gasteiger partial charge is 0.0923 e. The number of rotatable bonds is 2. The Labute approximate surface area is 136 Å². The zero-order chi connectivity index (χ0) is 16.2. The second kappa shape index (κ2) is 7.61. The van der Waals surface area contributed by atoms with E-state index < -0.39 is 0 Å². The lowest BCUT2D eigenvalue weighted by Gasteiger charge is -2.18. The average Bonchev–Trinajstić information content (AvgIpc) is 3.11. The van der Waals surface area contributed by atoms with Gasteiger partial charge in [-0.3, -0.25) is 0 Å². The molecule has 0 aromatic heterocycles. The molecular weight excluding hydrogens is 272 g/mol. The highest BCUT2D eigenvalue weighted by Crippen LogP contribution is 2.45. The van der Waals surface area contributed by atoms with Crippen molar-refractivity contribution in [3.8, 4) is 0 Å². The quantitative estimate of drug-likeness (QED) is 0.578. The van der Waals surface area contributed by atoms with Gasteiger partial charge in [0.25, 0.3) is 0 Å². The molecule has 3 atom stereocenters. The van der Waals surface area contributed by atoms with E-state index in [2.05, 4.69) is 39.5 Å². The lowest BCUT2D eigenvalue weighted by Crippen LogP contribution is -2.16. The highest BCUT2D eigenvalue weighted by molar-refractivity contribution is 5.11. The third-order valence-electron chi connectivity index (χ3n) is 5.37. The maximum Gasteiger partial charge on any atom is 0.0923 e. The topological polar surface area (TPSA) is 32.8 Å². The summed E-state index contributed by atoms with van der Waals surface area (Å²) in [5, 5.41) is 9.45. The Kier molecular flexibility index (Phi) is 6.05. The summed E-state index contributed by atoms with van der Waals surface area (Å²) in [5.41, 5.74) is 3.96. The standard InChI is InChI=1S/C20H32O2/c1-15-7-5-8-16(2)10-11-18(17(3)14-21)13-19-20(4,22-19)12-6-9-15/h8-9,18-19,21H,3,5-7,10-14H2,1-2,4H3. The van der Waals surface area contributed by atoms with Gasteiger partial charge in [0.05, 0.1) is 18.3 Å². The van der Waals surface area contributed by atoms with Crippen LogP contribution in [-0.4, -0.2) is 23.4 Å². The summed E-state index contributed by atoms with van der Waals surface area (Å²) >= 11 is 0. The highest BCUT2D eigenvalue weighted by atomic mass is 16.6. The van der Waals surface area contributed by atoms with Crippen LogP contribution < -0.4 is 0 Å². The zero-order valence-corrected chi connectivity index (χ0v) is 14.5. The van der Waals surface area contributed by atoms with Crippen LogP contribution in [0.25, 0.3) is 0 Å². The summed E-state index contributed by atoms with van der Waals surface area (Å²) in [6, 6.07) is 0. The molecule has 1 heterocycles. The van der Waals surface area contributed by atoms with Crippen molar-refractivity contribution >= 4 is 0 Å². The molecule has 1 aliphatic heterocycles. The molecule has 0 radical (unpaired) electrons. The largest absolute Gasteiger partial charge is 0.392 e. The maximum absolute atomic E-state index is 9.45. The molecule has 1 aliphatic carbocycles. The summed E-state index contributed by atoms with van der Waals surface area (Å²) in [7, 11) is 0. The first kappa shape index (κ1) is 17.5. The average molecular weight is 304 g/mol. The minimum atomic E-state index is 0.0414. The summed E-state index contributed by atoms with van der Waals surface area (Å²) in [6.45, 7) is 10.9. The minimum Gasteiger partial charge on any atom is -0.392 e. The van der Waals surface area contributed by atoms with E-state index in [0.29, 0.717) is 12.0 Å². The molecule has 2 heteroatoms. The van der Waals surface area contributed by atoms with Crippen LogP contribution in [0.5, 0.6) is 0 Å². The van der Waals surface area contributed by atoms with Crippen molar-refractivity contribution in [2.45, 2.75) is 77.4 Å². The van der Waals surface area contributed by atoms with Crippen LogP contribution in [0.3, 0.4) is 0 Å². The maximum atomic E-state index is 9.45. The molecule has 1 N–H and O–H groups in total. The molecule has 124 valence electrons. The van der Waals surface area contributed by atoms with E-state index >= 15 is 0 Å². The lowest BCUT2D eigenvalue weighted by molar-refractivity contribution is 0.279. The zero-order valence-electron chi connectivity index (χ0n) is 14.5. The van der Waals surface area contributed by atoms with Gasteiger partial charge in [-0.25, -0.2) is 0 Å². The number of fused-ring (bicyclic) bond motifs is 1. The van der Waals surface area contributed by atoms with E-state index in [1.54, 1.807) is 0 Å². The predicted molar refractivity (Wildman–Crippen MR) is 92.8 cm³/mol. The minimum absolute atomic E-state index is 0.0414. The van der Waals surface area contributed by atoms with Gasteiger partial charge in [0.2, 0.25) is 0 Å². The van der Waals surface area contributed by atoms with Gasteiger partial charge in [0.1, 0.15) is 0 Å². The van der Waals surface area contributed by atoms with Crippen LogP contribution >= 0.6 is 0 Å². The van der Waals surface area contributed by atoms with Gasteiger partial charge in [0.15, 0.2) is 0 Å². The summed E-state index contributed by atoms with van der Waals surface area (Å²) < 4.78 is 6.00. The number of aliphatic hydroxyl groups excluding tert-OH is 1. The molecule has 2 aliphatic rings. The first-order valence-electron chi connectivity index (χ1n) is 8.72. The van der Waals surface area contributed by atoms with E-state index in [-0.39, 0.29) is 12.2 Å². The Balaban J connectivity index is 2.06. The van der Waals surface area contributed by atoms with Crippen molar-refractivity contribution in [2.24, 2.45) is 5.92 Å². The molecule has 1 saturated heterocycles. The Hall–Kier alpha value is -0.860. The summed E-state index contributed by atoms with van der Waals surface area (Å²) in [6.07, 6.45) is 12.8. The second-order valence-electron chi connectivity index (χ2n) is 7.39. The van der Waals surface area contributed by atoms with Crippen molar-refractivity contribution < 1.29 is 9.84 Å². The fourth-order valence-electron chi connectivity index (χ4n) is 3.44. The number of epoxide rings is 1. The van der Waals surface area contributed by atoms with Crippen molar-refractivity contribution in [1.29, 1.82) is 0 Å². The number of allylic oxidation sites excluding steroid dienone is 4. The van der Waals surface area contributed by atoms with Gasteiger partial charge < -0.3 is 9.84 Å². The SMILES string of the molecule is C=C(CO)C1CCC(C)=CCCC(C)=CCCC2(C)OC2C1. The Morgan fingerprint density at radius 1 is 1.27 bits per heavy atom. The number of hydrogen-bond acceptors (Lipinski definition) is 2. The van der Waals surface area contributed by atoms with E-state index in [1.165, 1.54) is 11.1 Å². The molecule has 2 rings (SSSR count). The van der Waals surface area contributed by atoms with Crippen molar-refractivity contribution in [3.63, 3.8) is 0 Å². The van der Waals surface area contributed by atoms with Crippen LogP contribution in [0.4, 0.5) is 0 Å². The molecule has 0 saturated carbocycles. The number of aliphatic hydroxyl groups is 1. The van der Waals surface area contributed by atoms with Crippen LogP contribution in [0.2, 0.25) is 0 Å². The van der Waals surface area contributed by atoms with Gasteiger partial charge in [-0.1, -0.05) is 29.9 Å². The van der Waals surface area contributed by atoms with Crippen LogP contribution in [0.1, 0.15) is 65.7 Å². The fraction of sp³-hybridized carbons (Fsp3) is 0.700. The van der Waals surface area contributed by atoms with E-state index in [9.17, 15) is 5.11 Å². The number of hydrogen-bond donors (Lipinski definition) is 1. The van der Waals surface area contributed by atoms with Gasteiger partial charge in [-0.05, 0) is 77.2 Å². The van der Waals surface area contributed by atoms with Crippen LogP contribution in [0.15, 0.2) is 35.5 Å². The highest BCUT2D eigenvalue weighted by Gasteiger charge is 2.51. The predicted octanol–water partition coefficient (Wildman–Crippen LogP) is 4.95. The molecule has 22 heavy (non-hydrogen) atoms. The molecular formula is C20H32O2. The lowest BCUT2D eigenvalue weighted by atomic mass is 9.85. The molecule has 0 spiro atoms. The van der Waals surface area contributed by atoms with E-state index in [4.69, 9.17) is 4.74 Å². The van der Waals surface area contributed by atoms with Crippen LogP contribution in [0, 0.1) is 5.92 Å². The molecule has 3 unspecified atom stereocenters. The molecule has 0 aromatic rings. The van der Waals surface area contributed by atoms with Gasteiger partial charge >= 0.3 is 0 Å². The third kappa shape index (κ3) is 4.82. The molecule has 0 amide bonds.